The summed E-state index contributed by atoms with van der Waals surface area (Å²) in [6, 6.07) is 13.2. The first-order valence-corrected chi connectivity index (χ1v) is 12.1. The minimum Gasteiger partial charge on any atom is -0.452 e. The highest BCUT2D eigenvalue weighted by Crippen LogP contribution is 2.55. The largest absolute Gasteiger partial charge is 0.452 e. The van der Waals surface area contributed by atoms with Crippen LogP contribution in [0.5, 0.6) is 0 Å². The minimum atomic E-state index is -0.568. The summed E-state index contributed by atoms with van der Waals surface area (Å²) in [5, 5.41) is 7.88. The van der Waals surface area contributed by atoms with E-state index in [1.807, 2.05) is 36.4 Å². The Labute approximate surface area is 198 Å². The summed E-state index contributed by atoms with van der Waals surface area (Å²) in [6.07, 6.45) is 12.1. The van der Waals surface area contributed by atoms with Crippen molar-refractivity contribution < 1.29 is 14.3 Å². The molecule has 0 radical (unpaired) electrons. The van der Waals surface area contributed by atoms with E-state index in [4.69, 9.17) is 4.74 Å². The maximum atomic E-state index is 13.1. The third-order valence-electron chi connectivity index (χ3n) is 7.67. The molecule has 2 aromatic heterocycles. The minimum absolute atomic E-state index is 0.0999. The van der Waals surface area contributed by atoms with Gasteiger partial charge < -0.3 is 10.1 Å². The van der Waals surface area contributed by atoms with Crippen molar-refractivity contribution in [3.05, 3.63) is 66.6 Å². The second-order valence-electron chi connectivity index (χ2n) is 10.2. The van der Waals surface area contributed by atoms with Crippen LogP contribution in [0.15, 0.2) is 61.1 Å². The summed E-state index contributed by atoms with van der Waals surface area (Å²) < 4.78 is 7.14. The number of pyridine rings is 1. The number of nitrogens with one attached hydrogen (secondary N) is 1. The van der Waals surface area contributed by atoms with E-state index in [0.717, 1.165) is 42.7 Å². The van der Waals surface area contributed by atoms with Crippen molar-refractivity contribution in [2.45, 2.75) is 44.1 Å². The molecule has 4 fully saturated rings. The second kappa shape index (κ2) is 8.38. The average molecular weight is 457 g/mol. The summed E-state index contributed by atoms with van der Waals surface area (Å²) in [5.74, 6) is 1.43. The molecule has 4 bridgehead atoms. The number of esters is 1. The molecule has 4 saturated carbocycles. The zero-order valence-corrected chi connectivity index (χ0v) is 19.0. The van der Waals surface area contributed by atoms with E-state index < -0.39 is 5.97 Å². The third-order valence-corrected chi connectivity index (χ3v) is 7.67. The number of para-hydroxylation sites is 1. The van der Waals surface area contributed by atoms with Gasteiger partial charge in [-0.3, -0.25) is 9.78 Å². The van der Waals surface area contributed by atoms with Gasteiger partial charge in [-0.25, -0.2) is 9.48 Å². The first-order chi connectivity index (χ1) is 16.6. The van der Waals surface area contributed by atoms with Gasteiger partial charge in [-0.05, 0) is 80.5 Å². The molecule has 0 saturated heterocycles. The summed E-state index contributed by atoms with van der Waals surface area (Å²) in [5.41, 5.74) is 2.22. The van der Waals surface area contributed by atoms with Crippen molar-refractivity contribution in [1.29, 1.82) is 0 Å². The Kier molecular flexibility index (Phi) is 5.20. The van der Waals surface area contributed by atoms with E-state index in [0.29, 0.717) is 16.8 Å². The quantitative estimate of drug-likeness (QED) is 0.563. The number of carbonyl (C=O) groups excluding carboxylic acids is 2. The number of carbonyl (C=O) groups is 2. The second-order valence-corrected chi connectivity index (χ2v) is 10.2. The van der Waals surface area contributed by atoms with Gasteiger partial charge in [0.05, 0.1) is 5.69 Å². The first-order valence-electron chi connectivity index (χ1n) is 12.1. The summed E-state index contributed by atoms with van der Waals surface area (Å²) >= 11 is 0. The highest BCUT2D eigenvalue weighted by Gasteiger charge is 2.51. The maximum Gasteiger partial charge on any atom is 0.342 e. The van der Waals surface area contributed by atoms with Crippen LogP contribution in [0.25, 0.3) is 16.9 Å². The van der Waals surface area contributed by atoms with Crippen molar-refractivity contribution in [3.8, 4) is 16.9 Å². The highest BCUT2D eigenvalue weighted by molar-refractivity contribution is 5.97. The van der Waals surface area contributed by atoms with E-state index in [1.165, 1.54) is 19.3 Å². The van der Waals surface area contributed by atoms with Crippen LogP contribution in [0.4, 0.5) is 0 Å². The van der Waals surface area contributed by atoms with Gasteiger partial charge in [0.25, 0.3) is 5.91 Å². The van der Waals surface area contributed by atoms with Crippen molar-refractivity contribution in [1.82, 2.24) is 20.1 Å². The Bertz CT molecular complexity index is 1170. The monoisotopic (exact) mass is 456 g/mol. The Hall–Kier alpha value is -3.48. The van der Waals surface area contributed by atoms with Gasteiger partial charge in [0.2, 0.25) is 0 Å². The molecule has 3 aromatic rings. The number of ether oxygens (including phenoxy) is 1. The number of hydrogen-bond acceptors (Lipinski definition) is 5. The van der Waals surface area contributed by atoms with Crippen LogP contribution in [-0.4, -0.2) is 38.8 Å². The SMILES string of the molecule is O=C(COC(=O)c1cn(-c2ccccc2)nc1-c1cccnc1)NC12CC3CC(CC(C3)C1)C2. The van der Waals surface area contributed by atoms with Crippen molar-refractivity contribution >= 4 is 11.9 Å². The van der Waals surface area contributed by atoms with E-state index in [2.05, 4.69) is 15.4 Å². The molecule has 2 heterocycles. The van der Waals surface area contributed by atoms with Gasteiger partial charge in [0, 0.05) is 29.7 Å². The number of hydrogen-bond donors (Lipinski definition) is 1. The fourth-order valence-corrected chi connectivity index (χ4v) is 6.76. The number of nitrogens with zero attached hydrogens (tertiary/aromatic N) is 3. The molecule has 7 heteroatoms. The Balaban J connectivity index is 1.18. The lowest BCUT2D eigenvalue weighted by Gasteiger charge is -2.56. The predicted molar refractivity (Wildman–Crippen MR) is 126 cm³/mol. The normalized spacial score (nSPS) is 26.9. The molecule has 34 heavy (non-hydrogen) atoms. The standard InChI is InChI=1S/C27H28N4O3/c32-24(29-27-12-18-9-19(13-27)11-20(10-18)14-27)17-34-26(33)23-16-31(22-6-2-1-3-7-22)30-25(23)21-5-4-8-28-15-21/h1-8,15-16,18-20H,9-14,17H2,(H,29,32). The molecule has 0 atom stereocenters. The van der Waals surface area contributed by atoms with Crippen LogP contribution in [0, 0.1) is 17.8 Å². The van der Waals surface area contributed by atoms with Crippen LogP contribution in [-0.2, 0) is 9.53 Å². The Morgan fingerprint density at radius 1 is 1.00 bits per heavy atom. The van der Waals surface area contributed by atoms with Crippen LogP contribution < -0.4 is 5.32 Å². The Morgan fingerprint density at radius 2 is 1.71 bits per heavy atom. The van der Waals surface area contributed by atoms with E-state index in [-0.39, 0.29) is 18.1 Å². The zero-order valence-electron chi connectivity index (χ0n) is 19.0. The van der Waals surface area contributed by atoms with Gasteiger partial charge in [-0.1, -0.05) is 18.2 Å². The summed E-state index contributed by atoms with van der Waals surface area (Å²) in [7, 11) is 0. The van der Waals surface area contributed by atoms with Crippen LogP contribution in [0.1, 0.15) is 48.9 Å². The number of rotatable bonds is 6. The molecular formula is C27H28N4O3. The fraction of sp³-hybridized carbons (Fsp3) is 0.407. The predicted octanol–water partition coefficient (Wildman–Crippen LogP) is 4.18. The number of amides is 1. The molecule has 0 spiro atoms. The molecule has 174 valence electrons. The summed E-state index contributed by atoms with van der Waals surface area (Å²) in [4.78, 5) is 30.1. The lowest BCUT2D eigenvalue weighted by atomic mass is 9.53. The smallest absolute Gasteiger partial charge is 0.342 e. The summed E-state index contributed by atoms with van der Waals surface area (Å²) in [6.45, 7) is -0.288. The molecule has 4 aliphatic rings. The lowest BCUT2D eigenvalue weighted by Crippen LogP contribution is -2.60. The lowest BCUT2D eigenvalue weighted by molar-refractivity contribution is -0.130. The molecule has 0 aliphatic heterocycles. The maximum absolute atomic E-state index is 13.1. The molecule has 1 aromatic carbocycles. The number of aromatic nitrogens is 3. The third kappa shape index (κ3) is 4.00. The van der Waals surface area contributed by atoms with E-state index >= 15 is 0 Å². The van der Waals surface area contributed by atoms with Gasteiger partial charge in [-0.15, -0.1) is 0 Å². The molecule has 1 N–H and O–H groups in total. The van der Waals surface area contributed by atoms with Crippen molar-refractivity contribution in [3.63, 3.8) is 0 Å². The van der Waals surface area contributed by atoms with Crippen LogP contribution >= 0.6 is 0 Å². The van der Waals surface area contributed by atoms with Gasteiger partial charge in [0.15, 0.2) is 6.61 Å². The van der Waals surface area contributed by atoms with Crippen LogP contribution in [0.2, 0.25) is 0 Å². The topological polar surface area (TPSA) is 86.1 Å². The zero-order chi connectivity index (χ0) is 23.1. The van der Waals surface area contributed by atoms with Gasteiger partial charge in [-0.2, -0.15) is 5.10 Å². The van der Waals surface area contributed by atoms with E-state index in [1.54, 1.807) is 29.3 Å². The first kappa shape index (κ1) is 21.1. The molecular weight excluding hydrogens is 428 g/mol. The van der Waals surface area contributed by atoms with Gasteiger partial charge >= 0.3 is 5.97 Å². The number of benzene rings is 1. The Morgan fingerprint density at radius 3 is 2.35 bits per heavy atom. The van der Waals surface area contributed by atoms with Crippen molar-refractivity contribution in [2.24, 2.45) is 17.8 Å². The molecule has 4 aliphatic carbocycles. The van der Waals surface area contributed by atoms with Gasteiger partial charge in [0.1, 0.15) is 11.3 Å². The van der Waals surface area contributed by atoms with Crippen molar-refractivity contribution in [2.75, 3.05) is 6.61 Å². The highest BCUT2D eigenvalue weighted by atomic mass is 16.5. The van der Waals surface area contributed by atoms with Crippen LogP contribution in [0.3, 0.4) is 0 Å². The molecule has 7 rings (SSSR count). The average Bonchev–Trinajstić information content (AvgIpc) is 3.28. The fourth-order valence-electron chi connectivity index (χ4n) is 6.76. The molecule has 0 unspecified atom stereocenters. The molecule has 7 nitrogen and oxygen atoms in total. The molecule has 1 amide bonds. The van der Waals surface area contributed by atoms with E-state index in [9.17, 15) is 9.59 Å².